The van der Waals surface area contributed by atoms with Crippen molar-refractivity contribution in [3.8, 4) is 0 Å². The molecule has 1 amide bonds. The summed E-state index contributed by atoms with van der Waals surface area (Å²) in [5, 5.41) is 13.1. The Morgan fingerprint density at radius 2 is 1.50 bits per heavy atom. The third-order valence-corrected chi connectivity index (χ3v) is 2.95. The van der Waals surface area contributed by atoms with Gasteiger partial charge in [-0.1, -0.05) is 15.3 Å². The lowest BCUT2D eigenvalue weighted by Crippen LogP contribution is -2.52. The molecule has 0 atom stereocenters. The lowest BCUT2D eigenvalue weighted by atomic mass is 10.1. The number of hydrogen-bond acceptors (Lipinski definition) is 6. The van der Waals surface area contributed by atoms with Crippen molar-refractivity contribution >= 4 is 6.09 Å². The number of amides is 1. The van der Waals surface area contributed by atoms with E-state index in [1.807, 2.05) is 0 Å². The van der Waals surface area contributed by atoms with Crippen LogP contribution in [0.25, 0.3) is 31.3 Å². The second-order valence-corrected chi connectivity index (χ2v) is 4.45. The summed E-state index contributed by atoms with van der Waals surface area (Å²) < 4.78 is 5.35. The molecule has 0 aromatic carbocycles. The predicted molar refractivity (Wildman–Crippen MR) is 75.7 cm³/mol. The lowest BCUT2D eigenvalue weighted by molar-refractivity contribution is 0.00526. The van der Waals surface area contributed by atoms with E-state index in [1.165, 1.54) is 4.90 Å². The van der Waals surface area contributed by atoms with Crippen LogP contribution in [-0.2, 0) is 4.74 Å². The third kappa shape index (κ3) is 5.27. The number of carbonyl (C=O) groups is 1. The monoisotopic (exact) mass is 309 g/mol. The number of rotatable bonds is 7. The van der Waals surface area contributed by atoms with Crippen molar-refractivity contribution < 1.29 is 9.53 Å². The van der Waals surface area contributed by atoms with Gasteiger partial charge in [0.2, 0.25) is 0 Å². The maximum atomic E-state index is 12.2. The Labute approximate surface area is 125 Å². The van der Waals surface area contributed by atoms with Gasteiger partial charge in [-0.2, -0.15) is 0 Å². The Morgan fingerprint density at radius 1 is 1.05 bits per heavy atom. The van der Waals surface area contributed by atoms with Gasteiger partial charge in [0, 0.05) is 40.9 Å². The van der Waals surface area contributed by atoms with Crippen LogP contribution in [0.4, 0.5) is 4.79 Å². The fraction of sp³-hybridized carbons (Fsp3) is 0.889. The number of nitrogens with zero attached hydrogens (tertiary/aromatic N) is 10. The van der Waals surface area contributed by atoms with Gasteiger partial charge < -0.3 is 15.0 Å². The van der Waals surface area contributed by atoms with E-state index >= 15 is 0 Å². The molecule has 0 radical (unpaired) electrons. The van der Waals surface area contributed by atoms with Crippen molar-refractivity contribution in [1.29, 1.82) is 0 Å². The average Bonchev–Trinajstić information content (AvgIpc) is 2.56. The SMILES string of the molecule is [N-]=[N+]=NCC(CN=[N+]=[N-])(CN=[N+]=[N-])OC(=O)N1CCNCC1. The Hall–Kier alpha value is -2.84. The molecule has 1 heterocycles. The molecule has 1 fully saturated rings. The van der Waals surface area contributed by atoms with Gasteiger partial charge in [-0.3, -0.25) is 0 Å². The summed E-state index contributed by atoms with van der Waals surface area (Å²) in [6.45, 7) is 1.26. The fourth-order valence-corrected chi connectivity index (χ4v) is 1.83. The molecule has 0 spiro atoms. The van der Waals surface area contributed by atoms with Crippen LogP contribution in [0.1, 0.15) is 0 Å². The molecular formula is C9H15N11O2. The second kappa shape index (κ2) is 9.16. The average molecular weight is 309 g/mol. The largest absolute Gasteiger partial charge is 0.442 e. The molecule has 118 valence electrons. The Bertz CT molecular complexity index is 473. The highest BCUT2D eigenvalue weighted by molar-refractivity contribution is 5.68. The molecule has 1 saturated heterocycles. The number of ether oxygens (including phenoxy) is 1. The van der Waals surface area contributed by atoms with Crippen molar-refractivity contribution in [2.45, 2.75) is 5.60 Å². The molecule has 1 aliphatic heterocycles. The molecule has 22 heavy (non-hydrogen) atoms. The van der Waals surface area contributed by atoms with Gasteiger partial charge in [0.25, 0.3) is 0 Å². The summed E-state index contributed by atoms with van der Waals surface area (Å²) in [5.74, 6) is 0. The normalized spacial score (nSPS) is 16.3. The van der Waals surface area contributed by atoms with Gasteiger partial charge in [0.15, 0.2) is 0 Å². The molecule has 1 N–H and O–H groups in total. The first-order valence-corrected chi connectivity index (χ1v) is 6.38. The standard InChI is InChI=1S/C9H15N11O2/c10-17-14-5-9(6-15-18-11,7-16-19-12)22-8(21)20-3-1-13-2-4-20/h13H,1-7H2. The van der Waals surface area contributed by atoms with Crippen molar-refractivity contribution in [2.75, 3.05) is 45.8 Å². The minimum atomic E-state index is -1.49. The van der Waals surface area contributed by atoms with Gasteiger partial charge in [-0.25, -0.2) is 4.79 Å². The zero-order valence-electron chi connectivity index (χ0n) is 11.7. The van der Waals surface area contributed by atoms with Gasteiger partial charge in [0.05, 0.1) is 19.6 Å². The molecule has 1 aliphatic rings. The van der Waals surface area contributed by atoms with Crippen LogP contribution in [0.2, 0.25) is 0 Å². The quantitative estimate of drug-likeness (QED) is 0.426. The van der Waals surface area contributed by atoms with E-state index < -0.39 is 11.7 Å². The molecule has 1 rings (SSSR count). The smallest absolute Gasteiger partial charge is 0.410 e. The molecule has 0 bridgehead atoms. The molecule has 0 saturated carbocycles. The second-order valence-electron chi connectivity index (χ2n) is 4.45. The van der Waals surface area contributed by atoms with Crippen LogP contribution in [0.3, 0.4) is 0 Å². The van der Waals surface area contributed by atoms with E-state index in [-0.39, 0.29) is 19.6 Å². The third-order valence-electron chi connectivity index (χ3n) is 2.95. The highest BCUT2D eigenvalue weighted by Crippen LogP contribution is 2.17. The van der Waals surface area contributed by atoms with Crippen LogP contribution in [0.15, 0.2) is 15.3 Å². The Kier molecular flexibility index (Phi) is 7.17. The van der Waals surface area contributed by atoms with Crippen molar-refractivity contribution in [1.82, 2.24) is 10.2 Å². The van der Waals surface area contributed by atoms with Crippen molar-refractivity contribution in [2.24, 2.45) is 15.3 Å². The van der Waals surface area contributed by atoms with E-state index in [1.54, 1.807) is 0 Å². The fourth-order valence-electron chi connectivity index (χ4n) is 1.83. The Morgan fingerprint density at radius 3 is 1.91 bits per heavy atom. The number of hydrogen-bond donors (Lipinski definition) is 1. The lowest BCUT2D eigenvalue weighted by Gasteiger charge is -2.34. The highest BCUT2D eigenvalue weighted by Gasteiger charge is 2.35. The molecular weight excluding hydrogens is 294 g/mol. The molecule has 0 unspecified atom stereocenters. The van der Waals surface area contributed by atoms with E-state index in [2.05, 4.69) is 35.4 Å². The van der Waals surface area contributed by atoms with Gasteiger partial charge in [-0.05, 0) is 16.6 Å². The minimum absolute atomic E-state index is 0.306. The summed E-state index contributed by atoms with van der Waals surface area (Å²) in [4.78, 5) is 21.4. The van der Waals surface area contributed by atoms with E-state index in [0.29, 0.717) is 26.2 Å². The van der Waals surface area contributed by atoms with E-state index in [0.717, 1.165) is 0 Å². The summed E-state index contributed by atoms with van der Waals surface area (Å²) in [6.07, 6.45) is -0.643. The maximum absolute atomic E-state index is 12.2. The van der Waals surface area contributed by atoms with E-state index in [4.69, 9.17) is 21.3 Å². The highest BCUT2D eigenvalue weighted by atomic mass is 16.6. The maximum Gasteiger partial charge on any atom is 0.410 e. The molecule has 13 nitrogen and oxygen atoms in total. The first kappa shape index (κ1) is 17.2. The van der Waals surface area contributed by atoms with Crippen LogP contribution in [0, 0.1) is 0 Å². The summed E-state index contributed by atoms with van der Waals surface area (Å²) in [5.41, 5.74) is 23.9. The Balaban J connectivity index is 2.92. The molecule has 0 aromatic rings. The number of azide groups is 3. The van der Waals surface area contributed by atoms with Crippen LogP contribution in [-0.4, -0.2) is 62.4 Å². The zero-order valence-corrected chi connectivity index (χ0v) is 11.7. The molecule has 13 heteroatoms. The number of carbonyl (C=O) groups excluding carboxylic acids is 1. The van der Waals surface area contributed by atoms with Crippen LogP contribution < -0.4 is 5.32 Å². The predicted octanol–water partition coefficient (Wildman–Crippen LogP) is 1.70. The van der Waals surface area contributed by atoms with Crippen LogP contribution in [0.5, 0.6) is 0 Å². The number of nitrogens with one attached hydrogen (secondary N) is 1. The van der Waals surface area contributed by atoms with Crippen LogP contribution >= 0.6 is 0 Å². The molecule has 0 aromatic heterocycles. The van der Waals surface area contributed by atoms with E-state index in [9.17, 15) is 4.79 Å². The van der Waals surface area contributed by atoms with Crippen molar-refractivity contribution in [3.63, 3.8) is 0 Å². The topological polar surface area (TPSA) is 188 Å². The van der Waals surface area contributed by atoms with Gasteiger partial charge in [-0.15, -0.1) is 0 Å². The van der Waals surface area contributed by atoms with Gasteiger partial charge >= 0.3 is 6.09 Å². The summed E-state index contributed by atoms with van der Waals surface area (Å²) in [6, 6.07) is 0. The first-order valence-electron chi connectivity index (χ1n) is 6.38. The zero-order chi connectivity index (χ0) is 16.3. The summed E-state index contributed by atoms with van der Waals surface area (Å²) in [7, 11) is 0. The first-order chi connectivity index (χ1) is 10.7. The molecule has 0 aliphatic carbocycles. The minimum Gasteiger partial charge on any atom is -0.442 e. The van der Waals surface area contributed by atoms with Gasteiger partial charge in [0.1, 0.15) is 5.60 Å². The number of piperazine rings is 1. The summed E-state index contributed by atoms with van der Waals surface area (Å²) >= 11 is 0. The van der Waals surface area contributed by atoms with Crippen molar-refractivity contribution in [3.05, 3.63) is 31.3 Å².